The molecule has 0 radical (unpaired) electrons. The van der Waals surface area contributed by atoms with E-state index in [0.717, 1.165) is 0 Å². The van der Waals surface area contributed by atoms with Crippen LogP contribution >= 0.6 is 0 Å². The maximum absolute atomic E-state index is 14.6. The molecule has 3 aromatic rings. The summed E-state index contributed by atoms with van der Waals surface area (Å²) in [6.07, 6.45) is 3.24. The first-order valence-electron chi connectivity index (χ1n) is 11.0. The Labute approximate surface area is 199 Å². The van der Waals surface area contributed by atoms with Gasteiger partial charge in [-0.2, -0.15) is 4.73 Å². The monoisotopic (exact) mass is 484 g/mol. The largest absolute Gasteiger partial charge is 0.619 e. The Kier molecular flexibility index (Phi) is 6.83. The number of alkyl halides is 2. The molecule has 1 fully saturated rings. The van der Waals surface area contributed by atoms with Gasteiger partial charge in [0.1, 0.15) is 11.6 Å². The lowest BCUT2D eigenvalue weighted by Gasteiger charge is -2.40. The summed E-state index contributed by atoms with van der Waals surface area (Å²) < 4.78 is 42.8. The van der Waals surface area contributed by atoms with Crippen molar-refractivity contribution >= 4 is 17.5 Å². The van der Waals surface area contributed by atoms with Crippen LogP contribution in [0.5, 0.6) is 0 Å². The van der Waals surface area contributed by atoms with Crippen LogP contribution in [0.4, 0.5) is 19.0 Å². The van der Waals surface area contributed by atoms with Gasteiger partial charge < -0.3 is 10.5 Å². The zero-order chi connectivity index (χ0) is 25.2. The summed E-state index contributed by atoms with van der Waals surface area (Å²) in [5.74, 6) is -5.12. The number of nitrogens with one attached hydrogen (secondary N) is 1. The number of anilines is 1. The van der Waals surface area contributed by atoms with Crippen molar-refractivity contribution in [3.63, 3.8) is 0 Å². The van der Waals surface area contributed by atoms with E-state index in [1.165, 1.54) is 67.1 Å². The SMILES string of the molecule is CC(C(=O)Nc1ccc(C(=O)c2ccc(F)cc2)cn1)N1CCC(F)(F)C(c2cc[n+]([O-])cc2)C1. The highest BCUT2D eigenvalue weighted by Crippen LogP contribution is 2.40. The van der Waals surface area contributed by atoms with Crippen molar-refractivity contribution in [1.82, 2.24) is 9.88 Å². The number of piperidine rings is 1. The fraction of sp³-hybridized carbons (Fsp3) is 0.280. The highest BCUT2D eigenvalue weighted by molar-refractivity contribution is 6.09. The Hall–Kier alpha value is -3.79. The maximum atomic E-state index is 14.6. The molecule has 1 saturated heterocycles. The average Bonchev–Trinajstić information content (AvgIpc) is 2.85. The van der Waals surface area contributed by atoms with E-state index >= 15 is 0 Å². The van der Waals surface area contributed by atoms with Gasteiger partial charge in [0.25, 0.3) is 5.92 Å². The molecule has 7 nitrogen and oxygen atoms in total. The molecule has 35 heavy (non-hydrogen) atoms. The Morgan fingerprint density at radius 3 is 2.40 bits per heavy atom. The Balaban J connectivity index is 1.40. The van der Waals surface area contributed by atoms with E-state index in [1.807, 2.05) is 0 Å². The number of aromatic nitrogens is 2. The highest BCUT2D eigenvalue weighted by atomic mass is 19.3. The molecule has 0 saturated carbocycles. The van der Waals surface area contributed by atoms with E-state index in [1.54, 1.807) is 11.8 Å². The second-order valence-corrected chi connectivity index (χ2v) is 8.48. The lowest BCUT2D eigenvalue weighted by Crippen LogP contribution is -2.52. The van der Waals surface area contributed by atoms with Gasteiger partial charge in [-0.15, -0.1) is 0 Å². The van der Waals surface area contributed by atoms with Crippen LogP contribution in [0.15, 0.2) is 67.1 Å². The number of benzene rings is 1. The van der Waals surface area contributed by atoms with Crippen molar-refractivity contribution < 1.29 is 27.5 Å². The van der Waals surface area contributed by atoms with Crippen molar-refractivity contribution in [2.75, 3.05) is 18.4 Å². The minimum Gasteiger partial charge on any atom is -0.619 e. The van der Waals surface area contributed by atoms with E-state index in [2.05, 4.69) is 10.3 Å². The molecule has 0 bridgehead atoms. The summed E-state index contributed by atoms with van der Waals surface area (Å²) in [4.78, 5) is 31.1. The number of hydrogen-bond acceptors (Lipinski definition) is 5. The molecule has 1 aliphatic rings. The molecule has 10 heteroatoms. The van der Waals surface area contributed by atoms with Gasteiger partial charge in [-0.05, 0) is 48.9 Å². The average molecular weight is 484 g/mol. The van der Waals surface area contributed by atoms with Crippen LogP contribution in [0, 0.1) is 11.0 Å². The summed E-state index contributed by atoms with van der Waals surface area (Å²) in [6.45, 7) is 1.60. The summed E-state index contributed by atoms with van der Waals surface area (Å²) in [5.41, 5.74) is 0.909. The molecule has 2 atom stereocenters. The number of likely N-dealkylation sites (tertiary alicyclic amines) is 1. The lowest BCUT2D eigenvalue weighted by atomic mass is 9.87. The van der Waals surface area contributed by atoms with Gasteiger partial charge in [-0.25, -0.2) is 18.2 Å². The van der Waals surface area contributed by atoms with Crippen molar-refractivity contribution in [2.24, 2.45) is 0 Å². The number of nitrogens with zero attached hydrogens (tertiary/aromatic N) is 3. The Bertz CT molecular complexity index is 1200. The van der Waals surface area contributed by atoms with Crippen molar-refractivity contribution in [3.8, 4) is 0 Å². The van der Waals surface area contributed by atoms with E-state index < -0.39 is 36.0 Å². The van der Waals surface area contributed by atoms with Crippen LogP contribution in [-0.2, 0) is 4.79 Å². The predicted octanol–water partition coefficient (Wildman–Crippen LogP) is 3.54. The lowest BCUT2D eigenvalue weighted by molar-refractivity contribution is -0.605. The molecule has 182 valence electrons. The van der Waals surface area contributed by atoms with Gasteiger partial charge in [0, 0.05) is 49.0 Å². The minimum absolute atomic E-state index is 0.0328. The van der Waals surface area contributed by atoms with E-state index in [9.17, 15) is 28.0 Å². The van der Waals surface area contributed by atoms with Gasteiger partial charge in [-0.1, -0.05) is 0 Å². The standard InChI is InChI=1S/C25H23F3N4O3/c1-16(31-13-10-25(27,28)21(15-31)17-8-11-32(35)12-9-17)24(34)30-22-7-4-19(14-29-22)23(33)18-2-5-20(26)6-3-18/h2-9,11-12,14,16,21H,10,13,15H2,1H3,(H,29,30,34). The molecule has 1 aliphatic heterocycles. The molecule has 0 spiro atoms. The third kappa shape index (κ3) is 5.48. The number of hydrogen-bond donors (Lipinski definition) is 1. The maximum Gasteiger partial charge on any atom is 0.257 e. The first kappa shape index (κ1) is 24.3. The Morgan fingerprint density at radius 1 is 1.11 bits per heavy atom. The normalized spacial score (nSPS) is 18.6. The zero-order valence-electron chi connectivity index (χ0n) is 18.8. The van der Waals surface area contributed by atoms with Gasteiger partial charge in [0.2, 0.25) is 5.91 Å². The molecular formula is C25H23F3N4O3. The van der Waals surface area contributed by atoms with Gasteiger partial charge in [0.05, 0.1) is 12.0 Å². The van der Waals surface area contributed by atoms with Gasteiger partial charge in [0.15, 0.2) is 18.2 Å². The first-order chi connectivity index (χ1) is 16.6. The number of halogens is 3. The van der Waals surface area contributed by atoms with Crippen LogP contribution in [0.25, 0.3) is 0 Å². The molecule has 3 heterocycles. The topological polar surface area (TPSA) is 89.2 Å². The number of ketones is 1. The third-order valence-corrected chi connectivity index (χ3v) is 6.20. The highest BCUT2D eigenvalue weighted by Gasteiger charge is 2.46. The fourth-order valence-corrected chi connectivity index (χ4v) is 4.05. The Morgan fingerprint density at radius 2 is 1.77 bits per heavy atom. The molecular weight excluding hydrogens is 461 g/mol. The van der Waals surface area contributed by atoms with E-state index in [4.69, 9.17) is 0 Å². The van der Waals surface area contributed by atoms with Crippen molar-refractivity contribution in [2.45, 2.75) is 31.2 Å². The molecule has 4 rings (SSSR count). The van der Waals surface area contributed by atoms with Crippen LogP contribution in [0.2, 0.25) is 0 Å². The zero-order valence-corrected chi connectivity index (χ0v) is 18.8. The number of rotatable bonds is 6. The summed E-state index contributed by atoms with van der Waals surface area (Å²) >= 11 is 0. The molecule has 1 amide bonds. The number of carbonyl (C=O) groups excluding carboxylic acids is 2. The van der Waals surface area contributed by atoms with Gasteiger partial charge in [-0.3, -0.25) is 14.5 Å². The van der Waals surface area contributed by atoms with E-state index in [0.29, 0.717) is 15.9 Å². The fourth-order valence-electron chi connectivity index (χ4n) is 4.05. The predicted molar refractivity (Wildman–Crippen MR) is 121 cm³/mol. The second-order valence-electron chi connectivity index (χ2n) is 8.48. The summed E-state index contributed by atoms with van der Waals surface area (Å²) in [6, 6.07) is 10.1. The molecule has 2 unspecified atom stereocenters. The quantitative estimate of drug-likeness (QED) is 0.329. The third-order valence-electron chi connectivity index (χ3n) is 6.20. The van der Waals surface area contributed by atoms with Gasteiger partial charge >= 0.3 is 0 Å². The number of amides is 1. The number of carbonyl (C=O) groups is 2. The smallest absolute Gasteiger partial charge is 0.257 e. The van der Waals surface area contributed by atoms with E-state index in [-0.39, 0.29) is 30.3 Å². The molecule has 1 N–H and O–H groups in total. The van der Waals surface area contributed by atoms with Crippen molar-refractivity contribution in [1.29, 1.82) is 0 Å². The van der Waals surface area contributed by atoms with Crippen LogP contribution in [-0.4, -0.2) is 46.6 Å². The number of pyridine rings is 2. The van der Waals surface area contributed by atoms with Crippen LogP contribution in [0.3, 0.4) is 0 Å². The molecule has 1 aromatic carbocycles. The molecule has 0 aliphatic carbocycles. The summed E-state index contributed by atoms with van der Waals surface area (Å²) in [5, 5.41) is 13.9. The first-order valence-corrected chi connectivity index (χ1v) is 11.0. The minimum atomic E-state index is -2.96. The molecule has 2 aromatic heterocycles. The van der Waals surface area contributed by atoms with Crippen LogP contribution < -0.4 is 10.0 Å². The van der Waals surface area contributed by atoms with Crippen LogP contribution in [0.1, 0.15) is 40.7 Å². The van der Waals surface area contributed by atoms with Crippen molar-refractivity contribution in [3.05, 3.63) is 94.8 Å². The summed E-state index contributed by atoms with van der Waals surface area (Å²) in [7, 11) is 0. The second kappa shape index (κ2) is 9.83.